The smallest absolute Gasteiger partial charge is 0.475 e. The molecule has 2 N–H and O–H groups in total. The van der Waals surface area contributed by atoms with Crippen LogP contribution in [0.25, 0.3) is 0 Å². The lowest BCUT2D eigenvalue weighted by molar-refractivity contribution is -0.192. The number of oxime groups is 1. The number of hydrogen-bond acceptors (Lipinski definition) is 7. The Labute approximate surface area is 183 Å². The Morgan fingerprint density at radius 2 is 1.91 bits per heavy atom. The summed E-state index contributed by atoms with van der Waals surface area (Å²) >= 11 is 0. The number of piperidine rings is 1. The van der Waals surface area contributed by atoms with Crippen molar-refractivity contribution in [3.05, 3.63) is 23.8 Å². The van der Waals surface area contributed by atoms with Gasteiger partial charge in [0.15, 0.2) is 5.60 Å². The molecule has 1 spiro atoms. The minimum absolute atomic E-state index is 0.00597. The highest BCUT2D eigenvalue weighted by molar-refractivity contribution is 6.39. The molecule has 1 saturated heterocycles. The maximum atomic E-state index is 12.2. The average Bonchev–Trinajstić information content (AvgIpc) is 3.08. The highest BCUT2D eigenvalue weighted by Gasteiger charge is 2.45. The van der Waals surface area contributed by atoms with Gasteiger partial charge in [0, 0.05) is 31.9 Å². The van der Waals surface area contributed by atoms with E-state index in [4.69, 9.17) is 14.7 Å². The number of nitrogens with zero attached hydrogens (tertiary/aromatic N) is 4. The van der Waals surface area contributed by atoms with E-state index < -0.39 is 36.4 Å². The summed E-state index contributed by atoms with van der Waals surface area (Å²) in [5, 5.41) is 12.7. The number of carbonyl (C=O) groups is 2. The zero-order valence-corrected chi connectivity index (χ0v) is 17.3. The van der Waals surface area contributed by atoms with Gasteiger partial charge in [0.05, 0.1) is 11.4 Å². The molecule has 3 rings (SSSR count). The van der Waals surface area contributed by atoms with E-state index in [9.17, 15) is 31.1 Å². The van der Waals surface area contributed by atoms with Crippen LogP contribution in [0.4, 0.5) is 26.3 Å². The monoisotopic (exact) mass is 485 g/mol. The lowest BCUT2D eigenvalue weighted by atomic mass is 9.88. The molecule has 1 amide bonds. The summed E-state index contributed by atoms with van der Waals surface area (Å²) in [7, 11) is 0. The van der Waals surface area contributed by atoms with Crippen LogP contribution in [0.1, 0.15) is 30.7 Å². The Morgan fingerprint density at radius 1 is 1.24 bits per heavy atom. The summed E-state index contributed by atoms with van der Waals surface area (Å²) in [5.41, 5.74) is 1.01. The topological polar surface area (TPSA) is 117 Å². The van der Waals surface area contributed by atoms with Crippen LogP contribution in [0.15, 0.2) is 17.5 Å². The van der Waals surface area contributed by atoms with Crippen LogP contribution in [0.3, 0.4) is 0 Å². The number of aromatic nitrogens is 2. The van der Waals surface area contributed by atoms with Crippen molar-refractivity contribution in [2.24, 2.45) is 5.16 Å². The average molecular weight is 485 g/mol. The number of aryl methyl sites for hydroxylation is 1. The largest absolute Gasteiger partial charge is 0.490 e. The molecule has 1 aromatic heterocycles. The van der Waals surface area contributed by atoms with E-state index in [1.807, 2.05) is 12.2 Å². The van der Waals surface area contributed by atoms with E-state index >= 15 is 0 Å². The van der Waals surface area contributed by atoms with Gasteiger partial charge in [-0.25, -0.2) is 4.79 Å². The van der Waals surface area contributed by atoms with E-state index in [0.29, 0.717) is 19.5 Å². The molecule has 0 saturated carbocycles. The maximum Gasteiger partial charge on any atom is 0.490 e. The Hall–Kier alpha value is -2.97. The Morgan fingerprint density at radius 3 is 2.48 bits per heavy atom. The van der Waals surface area contributed by atoms with Crippen LogP contribution < -0.4 is 5.32 Å². The Kier molecular flexibility index (Phi) is 8.21. The highest BCUT2D eigenvalue weighted by atomic mass is 19.4. The summed E-state index contributed by atoms with van der Waals surface area (Å²) < 4.78 is 68.4. The van der Waals surface area contributed by atoms with Crippen molar-refractivity contribution in [3.63, 3.8) is 0 Å². The van der Waals surface area contributed by atoms with E-state index in [0.717, 1.165) is 24.4 Å². The van der Waals surface area contributed by atoms with Gasteiger partial charge in [-0.3, -0.25) is 19.7 Å². The summed E-state index contributed by atoms with van der Waals surface area (Å²) in [4.78, 5) is 37.0. The van der Waals surface area contributed by atoms with Crippen LogP contribution in [0, 0.1) is 6.92 Å². The number of carboxylic acid groups (broad SMARTS) is 1. The van der Waals surface area contributed by atoms with Crippen LogP contribution >= 0.6 is 0 Å². The molecule has 1 atom stereocenters. The molecule has 2 aliphatic heterocycles. The fourth-order valence-electron chi connectivity index (χ4n) is 3.29. The summed E-state index contributed by atoms with van der Waals surface area (Å²) in [6.45, 7) is 2.46. The van der Waals surface area contributed by atoms with Gasteiger partial charge < -0.3 is 15.3 Å². The Balaban J connectivity index is 0.000000479. The van der Waals surface area contributed by atoms with Crippen molar-refractivity contribution < 1.29 is 45.9 Å². The zero-order valence-electron chi connectivity index (χ0n) is 17.3. The minimum atomic E-state index is -5.08. The maximum absolute atomic E-state index is 12.2. The van der Waals surface area contributed by atoms with Gasteiger partial charge in [0.2, 0.25) is 0 Å². The molecule has 9 nitrogen and oxygen atoms in total. The first-order valence-corrected chi connectivity index (χ1v) is 9.59. The summed E-state index contributed by atoms with van der Waals surface area (Å²) in [6.07, 6.45) is -4.41. The molecule has 0 bridgehead atoms. The third-order valence-corrected chi connectivity index (χ3v) is 4.60. The van der Waals surface area contributed by atoms with E-state index in [1.165, 1.54) is 0 Å². The number of likely N-dealkylation sites (tertiary alicyclic amines) is 1. The number of hydrogen-bond donors (Lipinski definition) is 2. The summed E-state index contributed by atoms with van der Waals surface area (Å²) in [6, 6.07) is 0. The van der Waals surface area contributed by atoms with Crippen molar-refractivity contribution >= 4 is 17.6 Å². The molecule has 1 aromatic rings. The molecule has 0 aliphatic carbocycles. The van der Waals surface area contributed by atoms with Gasteiger partial charge in [-0.15, -0.1) is 0 Å². The third-order valence-electron chi connectivity index (χ3n) is 4.60. The predicted octanol–water partition coefficient (Wildman–Crippen LogP) is 2.21. The fraction of sp³-hybridized carbons (Fsp3) is 0.611. The van der Waals surface area contributed by atoms with Crippen molar-refractivity contribution in [2.45, 2.75) is 50.7 Å². The molecular weight excluding hydrogens is 464 g/mol. The number of nitrogens with one attached hydrogen (secondary N) is 1. The predicted molar refractivity (Wildman–Crippen MR) is 99.9 cm³/mol. The second-order valence-corrected chi connectivity index (χ2v) is 7.56. The van der Waals surface area contributed by atoms with Gasteiger partial charge in [-0.1, -0.05) is 5.16 Å². The minimum Gasteiger partial charge on any atom is -0.475 e. The lowest BCUT2D eigenvalue weighted by Crippen LogP contribution is -2.48. The van der Waals surface area contributed by atoms with Gasteiger partial charge >= 0.3 is 18.3 Å². The first kappa shape index (κ1) is 26.3. The molecule has 0 radical (unpaired) electrons. The van der Waals surface area contributed by atoms with Gasteiger partial charge in [0.1, 0.15) is 12.3 Å². The van der Waals surface area contributed by atoms with Crippen molar-refractivity contribution in [3.8, 4) is 0 Å². The molecule has 33 heavy (non-hydrogen) atoms. The van der Waals surface area contributed by atoms with Gasteiger partial charge in [0.25, 0.3) is 5.91 Å². The van der Waals surface area contributed by atoms with Crippen LogP contribution in [0.2, 0.25) is 0 Å². The molecule has 2 aliphatic rings. The number of amides is 1. The molecule has 1 fully saturated rings. The second kappa shape index (κ2) is 10.3. The second-order valence-electron chi connectivity index (χ2n) is 7.56. The summed E-state index contributed by atoms with van der Waals surface area (Å²) in [5.74, 6) is -3.59. The first-order chi connectivity index (χ1) is 15.2. The molecule has 15 heteroatoms. The third kappa shape index (κ3) is 8.47. The van der Waals surface area contributed by atoms with Crippen molar-refractivity contribution in [1.29, 1.82) is 0 Å². The molecule has 1 unspecified atom stereocenters. The quantitative estimate of drug-likeness (QED) is 0.628. The SMILES string of the molecule is Cc1cncc(CN2CCCC3(CC(C(=O)NCC(F)(F)F)=NO3)C2)n1.O=C(O)C(F)(F)F. The van der Waals surface area contributed by atoms with Crippen LogP contribution in [0.5, 0.6) is 0 Å². The van der Waals surface area contributed by atoms with E-state index in [2.05, 4.69) is 20.0 Å². The van der Waals surface area contributed by atoms with E-state index in [-0.39, 0.29) is 12.1 Å². The molecule has 3 heterocycles. The number of alkyl halides is 6. The van der Waals surface area contributed by atoms with Crippen molar-refractivity contribution in [2.75, 3.05) is 19.6 Å². The van der Waals surface area contributed by atoms with E-state index in [1.54, 1.807) is 12.4 Å². The molecule has 0 aromatic carbocycles. The zero-order chi connectivity index (χ0) is 24.9. The number of rotatable bonds is 4. The van der Waals surface area contributed by atoms with Gasteiger partial charge in [-0.2, -0.15) is 26.3 Å². The molecular formula is C18H21F6N5O4. The first-order valence-electron chi connectivity index (χ1n) is 9.59. The normalized spacial score (nSPS) is 21.0. The number of carboxylic acids is 1. The Bertz CT molecular complexity index is 892. The number of halogens is 6. The van der Waals surface area contributed by atoms with Crippen molar-refractivity contribution in [1.82, 2.24) is 20.2 Å². The fourth-order valence-corrected chi connectivity index (χ4v) is 3.29. The number of aliphatic carboxylic acids is 1. The van der Waals surface area contributed by atoms with Crippen LogP contribution in [-0.2, 0) is 21.0 Å². The highest BCUT2D eigenvalue weighted by Crippen LogP contribution is 2.34. The number of carbonyl (C=O) groups excluding carboxylic acids is 1. The van der Waals surface area contributed by atoms with Crippen LogP contribution in [-0.4, -0.2) is 75.2 Å². The molecule has 184 valence electrons. The lowest BCUT2D eigenvalue weighted by Gasteiger charge is -2.38. The van der Waals surface area contributed by atoms with Gasteiger partial charge in [-0.05, 0) is 26.3 Å². The standard InChI is InChI=1S/C16H20F3N5O2.C2HF3O2/c1-11-6-20-7-12(22-11)8-24-4-2-3-15(10-24)5-13(23-26-15)14(25)21-9-16(17,18)19;3-2(4,5)1(6)7/h6-7H,2-5,8-10H2,1H3,(H,21,25);(H,6,7).